The van der Waals surface area contributed by atoms with Crippen LogP contribution in [-0.2, 0) is 4.79 Å². The van der Waals surface area contributed by atoms with Crippen LogP contribution in [0.2, 0.25) is 0 Å². The maximum absolute atomic E-state index is 11.9. The largest absolute Gasteiger partial charge is 0.372 e. The van der Waals surface area contributed by atoms with Crippen molar-refractivity contribution in [3.05, 3.63) is 24.3 Å². The van der Waals surface area contributed by atoms with Crippen molar-refractivity contribution in [2.75, 3.05) is 23.3 Å². The molecular weight excluding hydrogens is 250 g/mol. The molecule has 0 aromatic heterocycles. The lowest BCUT2D eigenvalue weighted by Gasteiger charge is -2.18. The molecule has 1 atom stereocenters. The fraction of sp³-hybridized carbons (Fsp3) is 0.562. The van der Waals surface area contributed by atoms with Gasteiger partial charge in [0, 0.05) is 24.5 Å². The predicted octanol–water partition coefficient (Wildman–Crippen LogP) is 2.60. The SMILES string of the molecule is CC(C)C[C@H](N)C(=O)Nc1ccc(N2CCCC2)cc1. The van der Waals surface area contributed by atoms with Crippen LogP contribution in [0.1, 0.15) is 33.1 Å². The number of hydrogen-bond donors (Lipinski definition) is 2. The zero-order valence-corrected chi connectivity index (χ0v) is 12.4. The molecule has 0 radical (unpaired) electrons. The Labute approximate surface area is 121 Å². The Bertz CT molecular complexity index is 436. The van der Waals surface area contributed by atoms with E-state index in [2.05, 4.69) is 36.2 Å². The van der Waals surface area contributed by atoms with Crippen LogP contribution < -0.4 is 16.0 Å². The molecule has 0 aliphatic carbocycles. The molecule has 1 heterocycles. The second-order valence-electron chi connectivity index (χ2n) is 5.97. The number of carbonyl (C=O) groups excluding carboxylic acids is 1. The van der Waals surface area contributed by atoms with Crippen molar-refractivity contribution in [1.29, 1.82) is 0 Å². The van der Waals surface area contributed by atoms with Crippen molar-refractivity contribution in [3.63, 3.8) is 0 Å². The second kappa shape index (κ2) is 6.75. The Balaban J connectivity index is 1.91. The van der Waals surface area contributed by atoms with Gasteiger partial charge in [-0.2, -0.15) is 0 Å². The molecule has 2 rings (SSSR count). The highest BCUT2D eigenvalue weighted by Gasteiger charge is 2.15. The topological polar surface area (TPSA) is 58.4 Å². The molecule has 1 aliphatic rings. The minimum atomic E-state index is -0.437. The van der Waals surface area contributed by atoms with Gasteiger partial charge in [0.05, 0.1) is 6.04 Å². The van der Waals surface area contributed by atoms with Crippen LogP contribution in [0.15, 0.2) is 24.3 Å². The van der Waals surface area contributed by atoms with Gasteiger partial charge < -0.3 is 16.0 Å². The summed E-state index contributed by atoms with van der Waals surface area (Å²) in [7, 11) is 0. The summed E-state index contributed by atoms with van der Waals surface area (Å²) < 4.78 is 0. The van der Waals surface area contributed by atoms with Crippen LogP contribution in [0.4, 0.5) is 11.4 Å². The maximum Gasteiger partial charge on any atom is 0.241 e. The van der Waals surface area contributed by atoms with Crippen LogP contribution in [0.3, 0.4) is 0 Å². The highest BCUT2D eigenvalue weighted by atomic mass is 16.2. The van der Waals surface area contributed by atoms with Crippen LogP contribution in [0.25, 0.3) is 0 Å². The third kappa shape index (κ3) is 3.97. The predicted molar refractivity (Wildman–Crippen MR) is 83.9 cm³/mol. The molecule has 0 unspecified atom stereocenters. The maximum atomic E-state index is 11.9. The van der Waals surface area contributed by atoms with Crippen molar-refractivity contribution in [3.8, 4) is 0 Å². The fourth-order valence-corrected chi connectivity index (χ4v) is 2.58. The molecule has 1 aromatic carbocycles. The molecule has 110 valence electrons. The first-order valence-corrected chi connectivity index (χ1v) is 7.47. The van der Waals surface area contributed by atoms with E-state index in [-0.39, 0.29) is 5.91 Å². The van der Waals surface area contributed by atoms with Crippen molar-refractivity contribution in [2.24, 2.45) is 11.7 Å². The zero-order valence-electron chi connectivity index (χ0n) is 12.4. The Kier molecular flexibility index (Phi) is 5.01. The van der Waals surface area contributed by atoms with Gasteiger partial charge in [-0.1, -0.05) is 13.8 Å². The van der Waals surface area contributed by atoms with E-state index < -0.39 is 6.04 Å². The number of nitrogens with zero attached hydrogens (tertiary/aromatic N) is 1. The second-order valence-corrected chi connectivity index (χ2v) is 5.97. The van der Waals surface area contributed by atoms with Crippen LogP contribution in [-0.4, -0.2) is 25.0 Å². The lowest BCUT2D eigenvalue weighted by atomic mass is 10.0. The van der Waals surface area contributed by atoms with E-state index in [1.165, 1.54) is 18.5 Å². The van der Waals surface area contributed by atoms with E-state index in [0.717, 1.165) is 18.8 Å². The number of nitrogens with two attached hydrogens (primary N) is 1. The molecule has 20 heavy (non-hydrogen) atoms. The van der Waals surface area contributed by atoms with E-state index >= 15 is 0 Å². The molecule has 0 saturated carbocycles. The third-order valence-corrected chi connectivity index (χ3v) is 3.67. The van der Waals surface area contributed by atoms with Gasteiger partial charge in [0.1, 0.15) is 0 Å². The number of benzene rings is 1. The lowest BCUT2D eigenvalue weighted by Crippen LogP contribution is -2.36. The molecule has 0 spiro atoms. The van der Waals surface area contributed by atoms with E-state index in [1.54, 1.807) is 0 Å². The average molecular weight is 275 g/mol. The average Bonchev–Trinajstić information content (AvgIpc) is 2.92. The van der Waals surface area contributed by atoms with Crippen LogP contribution in [0, 0.1) is 5.92 Å². The summed E-state index contributed by atoms with van der Waals surface area (Å²) in [6.45, 7) is 6.39. The number of hydrogen-bond acceptors (Lipinski definition) is 3. The standard InChI is InChI=1S/C16H25N3O/c1-12(2)11-15(17)16(20)18-13-5-7-14(8-6-13)19-9-3-4-10-19/h5-8,12,15H,3-4,9-11,17H2,1-2H3,(H,18,20)/t15-/m0/s1. The Morgan fingerprint density at radius 1 is 1.25 bits per heavy atom. The molecule has 1 amide bonds. The van der Waals surface area contributed by atoms with Crippen molar-refractivity contribution >= 4 is 17.3 Å². The normalized spacial score (nSPS) is 16.5. The quantitative estimate of drug-likeness (QED) is 0.868. The van der Waals surface area contributed by atoms with Gasteiger partial charge in [0.25, 0.3) is 0 Å². The zero-order chi connectivity index (χ0) is 14.5. The molecule has 1 aromatic rings. The number of anilines is 2. The summed E-state index contributed by atoms with van der Waals surface area (Å²) in [6, 6.07) is 7.60. The van der Waals surface area contributed by atoms with Gasteiger partial charge in [0.15, 0.2) is 0 Å². The molecular formula is C16H25N3O. The first kappa shape index (κ1) is 14.9. The molecule has 0 bridgehead atoms. The Morgan fingerprint density at radius 3 is 2.40 bits per heavy atom. The van der Waals surface area contributed by atoms with Gasteiger partial charge in [-0.15, -0.1) is 0 Å². The summed E-state index contributed by atoms with van der Waals surface area (Å²) in [5.41, 5.74) is 7.92. The Morgan fingerprint density at radius 2 is 1.85 bits per heavy atom. The molecule has 1 fully saturated rings. The van der Waals surface area contributed by atoms with Crippen molar-refractivity contribution in [1.82, 2.24) is 0 Å². The Hall–Kier alpha value is -1.55. The highest BCUT2D eigenvalue weighted by Crippen LogP contribution is 2.22. The number of rotatable bonds is 5. The van der Waals surface area contributed by atoms with E-state index in [1.807, 2.05) is 12.1 Å². The van der Waals surface area contributed by atoms with Crippen LogP contribution in [0.5, 0.6) is 0 Å². The minimum Gasteiger partial charge on any atom is -0.372 e. The van der Waals surface area contributed by atoms with E-state index in [0.29, 0.717) is 12.3 Å². The summed E-state index contributed by atoms with van der Waals surface area (Å²) in [5, 5.41) is 2.88. The smallest absolute Gasteiger partial charge is 0.241 e. The van der Waals surface area contributed by atoms with E-state index in [4.69, 9.17) is 5.73 Å². The summed E-state index contributed by atoms with van der Waals surface area (Å²) >= 11 is 0. The first-order chi connectivity index (χ1) is 9.56. The molecule has 3 N–H and O–H groups in total. The summed E-state index contributed by atoms with van der Waals surface area (Å²) in [4.78, 5) is 14.3. The molecule has 1 aliphatic heterocycles. The molecule has 4 nitrogen and oxygen atoms in total. The van der Waals surface area contributed by atoms with Gasteiger partial charge in [-0.25, -0.2) is 0 Å². The van der Waals surface area contributed by atoms with Crippen LogP contribution >= 0.6 is 0 Å². The number of nitrogens with one attached hydrogen (secondary N) is 1. The monoisotopic (exact) mass is 275 g/mol. The first-order valence-electron chi connectivity index (χ1n) is 7.47. The number of amides is 1. The van der Waals surface area contributed by atoms with Gasteiger partial charge in [-0.05, 0) is 49.4 Å². The lowest BCUT2D eigenvalue weighted by molar-refractivity contribution is -0.117. The fourth-order valence-electron chi connectivity index (χ4n) is 2.58. The van der Waals surface area contributed by atoms with Gasteiger partial charge in [-0.3, -0.25) is 4.79 Å². The highest BCUT2D eigenvalue weighted by molar-refractivity contribution is 5.94. The summed E-state index contributed by atoms with van der Waals surface area (Å²) in [5.74, 6) is 0.320. The molecule has 1 saturated heterocycles. The van der Waals surface area contributed by atoms with Gasteiger partial charge >= 0.3 is 0 Å². The summed E-state index contributed by atoms with van der Waals surface area (Å²) in [6.07, 6.45) is 3.24. The van der Waals surface area contributed by atoms with Crippen molar-refractivity contribution in [2.45, 2.75) is 39.2 Å². The van der Waals surface area contributed by atoms with Crippen molar-refractivity contribution < 1.29 is 4.79 Å². The number of carbonyl (C=O) groups is 1. The third-order valence-electron chi connectivity index (χ3n) is 3.67. The van der Waals surface area contributed by atoms with E-state index in [9.17, 15) is 4.79 Å². The minimum absolute atomic E-state index is 0.104. The molecule has 4 heteroatoms. The van der Waals surface area contributed by atoms with Gasteiger partial charge in [0.2, 0.25) is 5.91 Å².